The molecule has 1 fully saturated rings. The second-order valence-corrected chi connectivity index (χ2v) is 8.12. The lowest BCUT2D eigenvalue weighted by atomic mass is 10.1. The molecule has 2 heterocycles. The summed E-state index contributed by atoms with van der Waals surface area (Å²) in [6.45, 7) is 2.18. The van der Waals surface area contributed by atoms with Crippen LogP contribution >= 0.6 is 0 Å². The molecule has 0 saturated carbocycles. The summed E-state index contributed by atoms with van der Waals surface area (Å²) in [5, 5.41) is 14.2. The molecule has 0 spiro atoms. The van der Waals surface area contributed by atoms with E-state index in [0.717, 1.165) is 10.00 Å². The second-order valence-electron chi connectivity index (χ2n) is 5.89. The van der Waals surface area contributed by atoms with Gasteiger partial charge >= 0.3 is 0 Å². The standard InChI is InChI=1S/C13H22N4O4S/c1-9-5-11(14-16(9)4)13(19)17-6-10(12(18)7-17)8-22(20,21)15(2)3/h5,10,12,18H,6-8H2,1-4H3/t10-,12+/m0/s1. The van der Waals surface area contributed by atoms with Crippen molar-refractivity contribution in [3.8, 4) is 0 Å². The number of β-amino-alcohol motifs (C(OH)–C–C–N with tert-alkyl or cyclic N) is 1. The highest BCUT2D eigenvalue weighted by Gasteiger charge is 2.38. The average molecular weight is 330 g/mol. The Bertz CT molecular complexity index is 648. The van der Waals surface area contributed by atoms with Gasteiger partial charge in [0.1, 0.15) is 0 Å². The summed E-state index contributed by atoms with van der Waals surface area (Å²) in [6, 6.07) is 1.68. The number of rotatable bonds is 4. The van der Waals surface area contributed by atoms with Crippen LogP contribution in [0.3, 0.4) is 0 Å². The highest BCUT2D eigenvalue weighted by atomic mass is 32.2. The lowest BCUT2D eigenvalue weighted by Crippen LogP contribution is -2.33. The number of carbonyl (C=O) groups is 1. The van der Waals surface area contributed by atoms with E-state index in [1.54, 1.807) is 17.8 Å². The third kappa shape index (κ3) is 3.31. The smallest absolute Gasteiger partial charge is 0.274 e. The van der Waals surface area contributed by atoms with Gasteiger partial charge in [-0.15, -0.1) is 0 Å². The highest BCUT2D eigenvalue weighted by Crippen LogP contribution is 2.21. The Balaban J connectivity index is 2.09. The molecule has 1 aromatic heterocycles. The number of nitrogens with zero attached hydrogens (tertiary/aromatic N) is 4. The molecular weight excluding hydrogens is 308 g/mol. The molecule has 8 nitrogen and oxygen atoms in total. The number of hydrogen-bond donors (Lipinski definition) is 1. The molecule has 1 N–H and O–H groups in total. The van der Waals surface area contributed by atoms with Gasteiger partial charge in [0.2, 0.25) is 10.0 Å². The summed E-state index contributed by atoms with van der Waals surface area (Å²) in [5.41, 5.74) is 1.16. The van der Waals surface area contributed by atoms with E-state index in [0.29, 0.717) is 5.69 Å². The van der Waals surface area contributed by atoms with Crippen molar-refractivity contribution in [2.75, 3.05) is 32.9 Å². The van der Waals surface area contributed by atoms with Crippen LogP contribution in [0.25, 0.3) is 0 Å². The molecule has 124 valence electrons. The van der Waals surface area contributed by atoms with Crippen LogP contribution in [0.5, 0.6) is 0 Å². The summed E-state index contributed by atoms with van der Waals surface area (Å²) in [4.78, 5) is 13.8. The Morgan fingerprint density at radius 2 is 2.09 bits per heavy atom. The lowest BCUT2D eigenvalue weighted by molar-refractivity contribution is 0.0758. The van der Waals surface area contributed by atoms with Crippen molar-refractivity contribution in [1.29, 1.82) is 0 Å². The maximum atomic E-state index is 12.4. The van der Waals surface area contributed by atoms with E-state index in [1.165, 1.54) is 19.0 Å². The predicted octanol–water partition coefficient (Wildman–Crippen LogP) is -0.947. The molecule has 2 atom stereocenters. The summed E-state index contributed by atoms with van der Waals surface area (Å²) in [7, 11) is 1.24. The Hall–Kier alpha value is -1.45. The van der Waals surface area contributed by atoms with Crippen LogP contribution in [0.15, 0.2) is 6.07 Å². The van der Waals surface area contributed by atoms with E-state index in [2.05, 4.69) is 5.10 Å². The molecule has 1 aliphatic heterocycles. The number of aromatic nitrogens is 2. The summed E-state index contributed by atoms with van der Waals surface area (Å²) >= 11 is 0. The molecular formula is C13H22N4O4S. The lowest BCUT2D eigenvalue weighted by Gasteiger charge is -2.17. The van der Waals surface area contributed by atoms with Crippen LogP contribution in [0, 0.1) is 12.8 Å². The van der Waals surface area contributed by atoms with Gasteiger partial charge in [0, 0.05) is 45.8 Å². The van der Waals surface area contributed by atoms with Gasteiger partial charge in [-0.3, -0.25) is 9.48 Å². The average Bonchev–Trinajstić information content (AvgIpc) is 2.93. The van der Waals surface area contributed by atoms with Gasteiger partial charge in [-0.05, 0) is 13.0 Å². The van der Waals surface area contributed by atoms with Gasteiger partial charge in [0.25, 0.3) is 5.91 Å². The van der Waals surface area contributed by atoms with Crippen LogP contribution in [-0.4, -0.2) is 77.5 Å². The van der Waals surface area contributed by atoms with Crippen molar-refractivity contribution >= 4 is 15.9 Å². The first-order valence-electron chi connectivity index (χ1n) is 7.00. The molecule has 0 unspecified atom stereocenters. The number of amides is 1. The zero-order chi connectivity index (χ0) is 16.7. The molecule has 1 aromatic rings. The normalized spacial score (nSPS) is 22.5. The van der Waals surface area contributed by atoms with Gasteiger partial charge in [0.05, 0.1) is 11.9 Å². The molecule has 2 rings (SSSR count). The molecule has 1 saturated heterocycles. The molecule has 1 amide bonds. The van der Waals surface area contributed by atoms with Gasteiger partial charge in [-0.25, -0.2) is 12.7 Å². The maximum Gasteiger partial charge on any atom is 0.274 e. The molecule has 0 aromatic carbocycles. The van der Waals surface area contributed by atoms with Gasteiger partial charge in [0.15, 0.2) is 5.69 Å². The van der Waals surface area contributed by atoms with E-state index >= 15 is 0 Å². The van der Waals surface area contributed by atoms with Gasteiger partial charge in [-0.1, -0.05) is 0 Å². The van der Waals surface area contributed by atoms with E-state index < -0.39 is 22.0 Å². The van der Waals surface area contributed by atoms with E-state index in [-0.39, 0.29) is 24.7 Å². The Morgan fingerprint density at radius 1 is 1.45 bits per heavy atom. The topological polar surface area (TPSA) is 95.7 Å². The first kappa shape index (κ1) is 16.9. The SMILES string of the molecule is Cc1cc(C(=O)N2C[C@@H](CS(=O)(=O)N(C)C)[C@H](O)C2)nn1C. The fourth-order valence-electron chi connectivity index (χ4n) is 2.43. The number of hydrogen-bond acceptors (Lipinski definition) is 5. The number of carbonyl (C=O) groups excluding carboxylic acids is 1. The third-order valence-electron chi connectivity index (χ3n) is 4.01. The van der Waals surface area contributed by atoms with E-state index in [9.17, 15) is 18.3 Å². The Morgan fingerprint density at radius 3 is 2.59 bits per heavy atom. The van der Waals surface area contributed by atoms with Crippen LogP contribution in [0.2, 0.25) is 0 Å². The zero-order valence-corrected chi connectivity index (χ0v) is 14.0. The minimum absolute atomic E-state index is 0.127. The number of aryl methyl sites for hydroxylation is 2. The molecule has 1 aliphatic rings. The number of aliphatic hydroxyl groups is 1. The largest absolute Gasteiger partial charge is 0.391 e. The number of sulfonamides is 1. The van der Waals surface area contributed by atoms with Crippen LogP contribution in [-0.2, 0) is 17.1 Å². The second kappa shape index (κ2) is 5.98. The minimum atomic E-state index is -3.42. The fourth-order valence-corrected chi connectivity index (χ4v) is 3.60. The van der Waals surface area contributed by atoms with Crippen molar-refractivity contribution in [3.05, 3.63) is 17.5 Å². The number of likely N-dealkylation sites (tertiary alicyclic amines) is 1. The zero-order valence-electron chi connectivity index (χ0n) is 13.2. The molecule has 22 heavy (non-hydrogen) atoms. The third-order valence-corrected chi connectivity index (χ3v) is 5.97. The van der Waals surface area contributed by atoms with E-state index in [1.807, 2.05) is 6.92 Å². The van der Waals surface area contributed by atoms with Crippen molar-refractivity contribution in [2.45, 2.75) is 13.0 Å². The van der Waals surface area contributed by atoms with Crippen LogP contribution in [0.1, 0.15) is 16.2 Å². The number of aliphatic hydroxyl groups excluding tert-OH is 1. The summed E-state index contributed by atoms with van der Waals surface area (Å²) in [5.74, 6) is -0.944. The van der Waals surface area contributed by atoms with Crippen molar-refractivity contribution in [2.24, 2.45) is 13.0 Å². The van der Waals surface area contributed by atoms with Crippen molar-refractivity contribution in [3.63, 3.8) is 0 Å². The van der Waals surface area contributed by atoms with Gasteiger partial charge in [-0.2, -0.15) is 5.10 Å². The van der Waals surface area contributed by atoms with Crippen molar-refractivity contribution < 1.29 is 18.3 Å². The first-order valence-corrected chi connectivity index (χ1v) is 8.61. The molecule has 9 heteroatoms. The minimum Gasteiger partial charge on any atom is -0.391 e. The summed E-state index contributed by atoms with van der Waals surface area (Å²) < 4.78 is 26.6. The Labute approximate surface area is 130 Å². The molecule has 0 bridgehead atoms. The Kier molecular flexibility index (Phi) is 4.59. The predicted molar refractivity (Wildman–Crippen MR) is 80.8 cm³/mol. The first-order chi connectivity index (χ1) is 10.1. The van der Waals surface area contributed by atoms with Gasteiger partial charge < -0.3 is 10.0 Å². The van der Waals surface area contributed by atoms with Crippen LogP contribution in [0.4, 0.5) is 0 Å². The van der Waals surface area contributed by atoms with E-state index in [4.69, 9.17) is 0 Å². The molecule has 0 aliphatic carbocycles. The van der Waals surface area contributed by atoms with Crippen LogP contribution < -0.4 is 0 Å². The summed E-state index contributed by atoms with van der Waals surface area (Å²) in [6.07, 6.45) is -0.844. The monoisotopic (exact) mass is 330 g/mol. The molecule has 0 radical (unpaired) electrons. The maximum absolute atomic E-state index is 12.4. The van der Waals surface area contributed by atoms with Crippen molar-refractivity contribution in [1.82, 2.24) is 19.0 Å². The highest BCUT2D eigenvalue weighted by molar-refractivity contribution is 7.89. The quantitative estimate of drug-likeness (QED) is 0.768. The fraction of sp³-hybridized carbons (Fsp3) is 0.692.